The lowest BCUT2D eigenvalue weighted by atomic mass is 9.93. The summed E-state index contributed by atoms with van der Waals surface area (Å²) in [5.41, 5.74) is 0. The number of piperazine rings is 1. The maximum atomic E-state index is 5.45. The van der Waals surface area contributed by atoms with Crippen LogP contribution < -0.4 is 0 Å². The molecule has 2 saturated carbocycles. The van der Waals surface area contributed by atoms with Gasteiger partial charge in [0.05, 0.1) is 12.8 Å². The average Bonchev–Trinajstić information content (AvgIpc) is 3.16. The summed E-state index contributed by atoms with van der Waals surface area (Å²) in [7, 11) is 0. The highest BCUT2D eigenvalue weighted by Crippen LogP contribution is 2.46. The van der Waals surface area contributed by atoms with E-state index >= 15 is 0 Å². The first kappa shape index (κ1) is 12.0. The van der Waals surface area contributed by atoms with E-state index in [1.807, 2.05) is 6.07 Å². The molecule has 3 aliphatic rings. The highest BCUT2D eigenvalue weighted by molar-refractivity contribution is 4.99. The van der Waals surface area contributed by atoms with Gasteiger partial charge >= 0.3 is 0 Å². The predicted octanol–water partition coefficient (Wildman–Crippen LogP) is 2.59. The summed E-state index contributed by atoms with van der Waals surface area (Å²) in [6.45, 7) is 5.91. The highest BCUT2D eigenvalue weighted by atomic mass is 16.3. The van der Waals surface area contributed by atoms with Gasteiger partial charge in [0.25, 0.3) is 0 Å². The minimum atomic E-state index is 0.921. The van der Waals surface area contributed by atoms with Crippen LogP contribution in [0.1, 0.15) is 31.4 Å². The van der Waals surface area contributed by atoms with Gasteiger partial charge < -0.3 is 4.42 Å². The van der Waals surface area contributed by atoms with E-state index in [0.717, 1.165) is 30.2 Å². The van der Waals surface area contributed by atoms with Crippen LogP contribution in [0.2, 0.25) is 0 Å². The fraction of sp³-hybridized carbons (Fsp3) is 0.750. The van der Waals surface area contributed by atoms with Gasteiger partial charge in [-0.3, -0.25) is 9.80 Å². The van der Waals surface area contributed by atoms with Crippen LogP contribution in [0.4, 0.5) is 0 Å². The summed E-state index contributed by atoms with van der Waals surface area (Å²) < 4.78 is 5.45. The molecule has 2 bridgehead atoms. The zero-order valence-corrected chi connectivity index (χ0v) is 11.6. The molecule has 1 aromatic rings. The summed E-state index contributed by atoms with van der Waals surface area (Å²) >= 11 is 0. The second-order valence-electron chi connectivity index (χ2n) is 6.63. The zero-order chi connectivity index (χ0) is 12.7. The monoisotopic (exact) mass is 260 g/mol. The van der Waals surface area contributed by atoms with E-state index in [-0.39, 0.29) is 0 Å². The SMILES string of the molecule is c1coc(CN2CCN([C@H]3C[C@@H]4CC[C@H]3C4)CC2)c1. The van der Waals surface area contributed by atoms with Crippen molar-refractivity contribution in [2.24, 2.45) is 11.8 Å². The fourth-order valence-corrected chi connectivity index (χ4v) is 4.53. The molecule has 2 aliphatic carbocycles. The Balaban J connectivity index is 1.30. The molecule has 0 radical (unpaired) electrons. The van der Waals surface area contributed by atoms with Gasteiger partial charge in [0.2, 0.25) is 0 Å². The van der Waals surface area contributed by atoms with Crippen molar-refractivity contribution >= 4 is 0 Å². The van der Waals surface area contributed by atoms with Gasteiger partial charge in [-0.1, -0.05) is 6.42 Å². The van der Waals surface area contributed by atoms with Crippen LogP contribution in [0.3, 0.4) is 0 Å². The van der Waals surface area contributed by atoms with Crippen LogP contribution in [0.25, 0.3) is 0 Å². The minimum absolute atomic E-state index is 0.921. The highest BCUT2D eigenvalue weighted by Gasteiger charge is 2.42. The summed E-state index contributed by atoms with van der Waals surface area (Å²) in [5.74, 6) is 3.20. The van der Waals surface area contributed by atoms with Gasteiger partial charge in [0.15, 0.2) is 0 Å². The van der Waals surface area contributed by atoms with Crippen molar-refractivity contribution in [1.82, 2.24) is 9.80 Å². The number of hydrogen-bond acceptors (Lipinski definition) is 3. The van der Waals surface area contributed by atoms with E-state index in [9.17, 15) is 0 Å². The largest absolute Gasteiger partial charge is 0.468 e. The Morgan fingerprint density at radius 1 is 1.11 bits per heavy atom. The molecule has 104 valence electrons. The molecule has 0 amide bonds. The Kier molecular flexibility index (Phi) is 3.12. The number of hydrogen-bond donors (Lipinski definition) is 0. The van der Waals surface area contributed by atoms with Crippen molar-refractivity contribution in [1.29, 1.82) is 0 Å². The molecule has 3 heteroatoms. The third-order valence-corrected chi connectivity index (χ3v) is 5.54. The first-order valence-electron chi connectivity index (χ1n) is 7.87. The zero-order valence-electron chi connectivity index (χ0n) is 11.6. The van der Waals surface area contributed by atoms with Crippen molar-refractivity contribution < 1.29 is 4.42 Å². The maximum absolute atomic E-state index is 5.45. The Labute approximate surface area is 115 Å². The van der Waals surface area contributed by atoms with Crippen molar-refractivity contribution in [3.05, 3.63) is 24.2 Å². The Morgan fingerprint density at radius 3 is 2.63 bits per heavy atom. The fourth-order valence-electron chi connectivity index (χ4n) is 4.53. The lowest BCUT2D eigenvalue weighted by molar-refractivity contribution is 0.0650. The summed E-state index contributed by atoms with van der Waals surface area (Å²) in [6, 6.07) is 4.99. The quantitative estimate of drug-likeness (QED) is 0.833. The Hall–Kier alpha value is -0.800. The van der Waals surface area contributed by atoms with Crippen molar-refractivity contribution in [3.8, 4) is 0 Å². The smallest absolute Gasteiger partial charge is 0.117 e. The maximum Gasteiger partial charge on any atom is 0.117 e. The summed E-state index contributed by atoms with van der Waals surface area (Å²) in [5, 5.41) is 0. The van der Waals surface area contributed by atoms with Crippen LogP contribution in [0.5, 0.6) is 0 Å². The lowest BCUT2D eigenvalue weighted by Gasteiger charge is -2.40. The molecule has 1 aliphatic heterocycles. The standard InChI is InChI=1S/C16H24N2O/c1-2-15(19-9-1)12-17-5-7-18(8-6-17)16-11-13-3-4-14(16)10-13/h1-2,9,13-14,16H,3-8,10-12H2/t13-,14+,16+/m1/s1. The molecule has 0 aromatic carbocycles. The lowest BCUT2D eigenvalue weighted by Crippen LogP contribution is -2.51. The van der Waals surface area contributed by atoms with E-state index in [1.54, 1.807) is 6.26 Å². The van der Waals surface area contributed by atoms with Gasteiger partial charge in [-0.25, -0.2) is 0 Å². The number of nitrogens with zero attached hydrogens (tertiary/aromatic N) is 2. The normalized spacial score (nSPS) is 36.1. The molecule has 19 heavy (non-hydrogen) atoms. The first-order valence-corrected chi connectivity index (χ1v) is 7.87. The third-order valence-electron chi connectivity index (χ3n) is 5.54. The van der Waals surface area contributed by atoms with Crippen molar-refractivity contribution in [2.45, 2.75) is 38.3 Å². The third kappa shape index (κ3) is 2.34. The van der Waals surface area contributed by atoms with Crippen molar-refractivity contribution in [3.63, 3.8) is 0 Å². The van der Waals surface area contributed by atoms with Gasteiger partial charge in [-0.15, -0.1) is 0 Å². The summed E-state index contributed by atoms with van der Waals surface area (Å²) in [4.78, 5) is 5.31. The number of rotatable bonds is 3. The molecule has 0 unspecified atom stereocenters. The number of fused-ring (bicyclic) bond motifs is 2. The number of furan rings is 1. The average molecular weight is 260 g/mol. The molecule has 1 saturated heterocycles. The molecule has 3 fully saturated rings. The molecule has 0 spiro atoms. The minimum Gasteiger partial charge on any atom is -0.468 e. The van der Waals surface area contributed by atoms with E-state index in [1.165, 1.54) is 51.9 Å². The second-order valence-corrected chi connectivity index (χ2v) is 6.63. The summed E-state index contributed by atoms with van der Waals surface area (Å²) in [6.07, 6.45) is 7.81. The van der Waals surface area contributed by atoms with Crippen LogP contribution in [-0.2, 0) is 6.54 Å². The molecule has 0 N–H and O–H groups in total. The molecule has 1 aromatic heterocycles. The van der Waals surface area contributed by atoms with E-state index in [4.69, 9.17) is 4.42 Å². The van der Waals surface area contributed by atoms with E-state index < -0.39 is 0 Å². The van der Waals surface area contributed by atoms with Gasteiger partial charge in [-0.05, 0) is 43.2 Å². The predicted molar refractivity (Wildman–Crippen MR) is 74.8 cm³/mol. The van der Waals surface area contributed by atoms with Gasteiger partial charge in [0, 0.05) is 32.2 Å². The molecule has 2 heterocycles. The van der Waals surface area contributed by atoms with E-state index in [2.05, 4.69) is 15.9 Å². The van der Waals surface area contributed by atoms with Crippen LogP contribution in [-0.4, -0.2) is 42.0 Å². The van der Waals surface area contributed by atoms with Crippen LogP contribution in [0, 0.1) is 11.8 Å². The van der Waals surface area contributed by atoms with Crippen LogP contribution in [0.15, 0.2) is 22.8 Å². The Bertz CT molecular complexity index is 408. The van der Waals surface area contributed by atoms with Gasteiger partial charge in [-0.2, -0.15) is 0 Å². The molecular weight excluding hydrogens is 236 g/mol. The topological polar surface area (TPSA) is 19.6 Å². The molecular formula is C16H24N2O. The second kappa shape index (κ2) is 4.95. The molecule has 4 rings (SSSR count). The van der Waals surface area contributed by atoms with Crippen molar-refractivity contribution in [2.75, 3.05) is 26.2 Å². The van der Waals surface area contributed by atoms with E-state index in [0.29, 0.717) is 0 Å². The van der Waals surface area contributed by atoms with Crippen LogP contribution >= 0.6 is 0 Å². The molecule has 3 nitrogen and oxygen atoms in total. The van der Waals surface area contributed by atoms with Gasteiger partial charge in [0.1, 0.15) is 5.76 Å². The Morgan fingerprint density at radius 2 is 2.00 bits per heavy atom. The first-order chi connectivity index (χ1) is 9.38. The molecule has 3 atom stereocenters.